The number of benzene rings is 2. The fraction of sp³-hybridized carbons (Fsp3) is 0. The van der Waals surface area contributed by atoms with Crippen LogP contribution in [0.1, 0.15) is 10.4 Å². The van der Waals surface area contributed by atoms with Gasteiger partial charge in [0, 0.05) is 5.69 Å². The number of ether oxygens (including phenoxy) is 1. The van der Waals surface area contributed by atoms with Crippen LogP contribution in [0.15, 0.2) is 60.7 Å². The zero-order valence-electron chi connectivity index (χ0n) is 12.7. The van der Waals surface area contributed by atoms with Crippen molar-refractivity contribution in [2.24, 2.45) is 0 Å². The van der Waals surface area contributed by atoms with E-state index in [0.717, 1.165) is 6.07 Å². The van der Waals surface area contributed by atoms with Gasteiger partial charge in [0.1, 0.15) is 16.7 Å². The summed E-state index contributed by atoms with van der Waals surface area (Å²) < 4.78 is 19.1. The highest BCUT2D eigenvalue weighted by molar-refractivity contribution is 6.35. The highest BCUT2D eigenvalue weighted by Crippen LogP contribution is 2.24. The molecule has 1 N–H and O–H groups in total. The van der Waals surface area contributed by atoms with E-state index < -0.39 is 11.7 Å². The van der Waals surface area contributed by atoms with Gasteiger partial charge in [0.15, 0.2) is 11.0 Å². The molecule has 126 valence electrons. The lowest BCUT2D eigenvalue weighted by atomic mass is 10.2. The van der Waals surface area contributed by atoms with Gasteiger partial charge in [-0.3, -0.25) is 4.79 Å². The van der Waals surface area contributed by atoms with Crippen molar-refractivity contribution in [3.05, 3.63) is 82.4 Å². The molecule has 0 aliphatic carbocycles. The molecule has 0 saturated heterocycles. The van der Waals surface area contributed by atoms with Crippen molar-refractivity contribution in [2.75, 3.05) is 5.32 Å². The molecule has 0 fully saturated rings. The molecule has 1 heterocycles. The lowest BCUT2D eigenvalue weighted by molar-refractivity contribution is 0.102. The summed E-state index contributed by atoms with van der Waals surface area (Å²) in [5.74, 6) is -0.0946. The normalized spacial score (nSPS) is 10.4. The number of halogens is 3. The zero-order chi connectivity index (χ0) is 17.8. The molecule has 0 atom stereocenters. The first-order valence-corrected chi connectivity index (χ1v) is 7.94. The molecule has 3 rings (SSSR count). The highest BCUT2D eigenvalue weighted by Gasteiger charge is 2.16. The molecule has 0 unspecified atom stereocenters. The molecule has 3 aromatic rings. The van der Waals surface area contributed by atoms with Crippen LogP contribution in [0.3, 0.4) is 0 Å². The SMILES string of the molecule is O=C(Nc1ccc(Oc2ccccc2)cc1)c1cc(F)c(Cl)nc1Cl. The lowest BCUT2D eigenvalue weighted by Gasteiger charge is -2.09. The standard InChI is InChI=1S/C18H11Cl2FN2O2/c19-16-14(10-15(21)17(20)23-16)18(24)22-11-6-8-13(9-7-11)25-12-4-2-1-3-5-12/h1-10H,(H,22,24). The van der Waals surface area contributed by atoms with Crippen molar-refractivity contribution in [2.45, 2.75) is 0 Å². The number of hydrogen-bond acceptors (Lipinski definition) is 3. The van der Waals surface area contributed by atoms with Crippen molar-refractivity contribution >= 4 is 34.8 Å². The van der Waals surface area contributed by atoms with E-state index in [4.69, 9.17) is 27.9 Å². The quantitative estimate of drug-likeness (QED) is 0.605. The molecule has 0 saturated carbocycles. The summed E-state index contributed by atoms with van der Waals surface area (Å²) >= 11 is 11.4. The van der Waals surface area contributed by atoms with Gasteiger partial charge in [-0.25, -0.2) is 9.37 Å². The number of amides is 1. The van der Waals surface area contributed by atoms with Crippen molar-refractivity contribution in [3.8, 4) is 11.5 Å². The van der Waals surface area contributed by atoms with Crippen molar-refractivity contribution in [1.82, 2.24) is 4.98 Å². The van der Waals surface area contributed by atoms with Crippen molar-refractivity contribution < 1.29 is 13.9 Å². The fourth-order valence-corrected chi connectivity index (χ4v) is 2.44. The Hall–Kier alpha value is -2.63. The van der Waals surface area contributed by atoms with Gasteiger partial charge >= 0.3 is 0 Å². The third-order valence-corrected chi connectivity index (χ3v) is 3.78. The van der Waals surface area contributed by atoms with E-state index in [1.54, 1.807) is 24.3 Å². The first kappa shape index (κ1) is 17.2. The molecule has 4 nitrogen and oxygen atoms in total. The second-order valence-corrected chi connectivity index (χ2v) is 5.71. The summed E-state index contributed by atoms with van der Waals surface area (Å²) in [5, 5.41) is 2.05. The Kier molecular flexibility index (Phi) is 5.16. The number of carbonyl (C=O) groups excluding carboxylic acids is 1. The summed E-state index contributed by atoms with van der Waals surface area (Å²) in [7, 11) is 0. The second-order valence-electron chi connectivity index (χ2n) is 4.99. The van der Waals surface area contributed by atoms with Crippen LogP contribution < -0.4 is 10.1 Å². The molecule has 0 aliphatic heterocycles. The van der Waals surface area contributed by atoms with E-state index in [0.29, 0.717) is 17.2 Å². The predicted octanol–water partition coefficient (Wildman–Crippen LogP) is 5.57. The Morgan fingerprint density at radius 2 is 1.60 bits per heavy atom. The van der Waals surface area contributed by atoms with Crippen LogP contribution in [0.2, 0.25) is 10.3 Å². The number of nitrogens with one attached hydrogen (secondary N) is 1. The van der Waals surface area contributed by atoms with Crippen LogP contribution in [-0.4, -0.2) is 10.9 Å². The molecular weight excluding hydrogens is 366 g/mol. The maximum Gasteiger partial charge on any atom is 0.258 e. The van der Waals surface area contributed by atoms with E-state index in [2.05, 4.69) is 10.3 Å². The van der Waals surface area contributed by atoms with Crippen LogP contribution in [0.25, 0.3) is 0 Å². The molecule has 0 spiro atoms. The van der Waals surface area contributed by atoms with E-state index in [1.165, 1.54) is 0 Å². The third kappa shape index (κ3) is 4.26. The van der Waals surface area contributed by atoms with Crippen LogP contribution >= 0.6 is 23.2 Å². The lowest BCUT2D eigenvalue weighted by Crippen LogP contribution is -2.13. The maximum atomic E-state index is 13.5. The molecule has 7 heteroatoms. The van der Waals surface area contributed by atoms with Gasteiger partial charge in [-0.05, 0) is 42.5 Å². The van der Waals surface area contributed by atoms with Crippen LogP contribution in [0, 0.1) is 5.82 Å². The molecule has 0 radical (unpaired) electrons. The average molecular weight is 377 g/mol. The summed E-state index contributed by atoms with van der Waals surface area (Å²) in [6, 6.07) is 17.0. The molecule has 2 aromatic carbocycles. The van der Waals surface area contributed by atoms with Gasteiger partial charge in [-0.15, -0.1) is 0 Å². The summed E-state index contributed by atoms with van der Waals surface area (Å²) in [6.07, 6.45) is 0. The maximum absolute atomic E-state index is 13.5. The van der Waals surface area contributed by atoms with E-state index in [1.807, 2.05) is 30.3 Å². The summed E-state index contributed by atoms with van der Waals surface area (Å²) in [5.41, 5.74) is 0.394. The zero-order valence-corrected chi connectivity index (χ0v) is 14.2. The van der Waals surface area contributed by atoms with Gasteiger partial charge in [-0.1, -0.05) is 41.4 Å². The summed E-state index contributed by atoms with van der Waals surface area (Å²) in [4.78, 5) is 15.8. The summed E-state index contributed by atoms with van der Waals surface area (Å²) in [6.45, 7) is 0. The first-order chi connectivity index (χ1) is 12.0. The minimum atomic E-state index is -0.817. The molecular formula is C18H11Cl2FN2O2. The monoisotopic (exact) mass is 376 g/mol. The minimum absolute atomic E-state index is 0.104. The topological polar surface area (TPSA) is 51.2 Å². The van der Waals surface area contributed by atoms with Crippen molar-refractivity contribution in [3.63, 3.8) is 0 Å². The highest BCUT2D eigenvalue weighted by atomic mass is 35.5. The molecule has 0 bridgehead atoms. The Bertz CT molecular complexity index is 903. The largest absolute Gasteiger partial charge is 0.457 e. The number of carbonyl (C=O) groups is 1. The Balaban J connectivity index is 1.71. The van der Waals surface area contributed by atoms with Gasteiger partial charge in [-0.2, -0.15) is 0 Å². The van der Waals surface area contributed by atoms with Gasteiger partial charge in [0.25, 0.3) is 5.91 Å². The number of hydrogen-bond donors (Lipinski definition) is 1. The number of nitrogens with zero attached hydrogens (tertiary/aromatic N) is 1. The third-order valence-electron chi connectivity index (χ3n) is 3.22. The fourth-order valence-electron chi connectivity index (χ4n) is 2.03. The molecule has 0 aliphatic rings. The second kappa shape index (κ2) is 7.51. The smallest absolute Gasteiger partial charge is 0.258 e. The van der Waals surface area contributed by atoms with Gasteiger partial charge < -0.3 is 10.1 Å². The molecule has 1 aromatic heterocycles. The number of rotatable bonds is 4. The molecule has 1 amide bonds. The first-order valence-electron chi connectivity index (χ1n) is 7.19. The number of para-hydroxylation sites is 1. The van der Waals surface area contributed by atoms with E-state index in [9.17, 15) is 9.18 Å². The number of aromatic nitrogens is 1. The van der Waals surface area contributed by atoms with Gasteiger partial charge in [0.2, 0.25) is 0 Å². The van der Waals surface area contributed by atoms with Crippen LogP contribution in [0.4, 0.5) is 10.1 Å². The predicted molar refractivity (Wildman–Crippen MR) is 95.1 cm³/mol. The Morgan fingerprint density at radius 3 is 2.28 bits per heavy atom. The van der Waals surface area contributed by atoms with E-state index >= 15 is 0 Å². The Labute approximate surface area is 153 Å². The van der Waals surface area contributed by atoms with Crippen LogP contribution in [0.5, 0.6) is 11.5 Å². The van der Waals surface area contributed by atoms with E-state index in [-0.39, 0.29) is 15.9 Å². The number of anilines is 1. The van der Waals surface area contributed by atoms with Gasteiger partial charge in [0.05, 0.1) is 5.56 Å². The molecule has 25 heavy (non-hydrogen) atoms. The van der Waals surface area contributed by atoms with Crippen LogP contribution in [-0.2, 0) is 0 Å². The number of pyridine rings is 1. The van der Waals surface area contributed by atoms with Crippen molar-refractivity contribution in [1.29, 1.82) is 0 Å². The Morgan fingerprint density at radius 1 is 0.960 bits per heavy atom. The average Bonchev–Trinajstić information content (AvgIpc) is 2.60. The minimum Gasteiger partial charge on any atom is -0.457 e.